The summed E-state index contributed by atoms with van der Waals surface area (Å²) in [5.41, 5.74) is 16.5. The molecule has 6 aliphatic rings. The van der Waals surface area contributed by atoms with Gasteiger partial charge in [0.15, 0.2) is 11.5 Å². The highest BCUT2D eigenvalue weighted by Gasteiger charge is 2.51. The summed E-state index contributed by atoms with van der Waals surface area (Å²) in [5, 5.41) is 0. The monoisotopic (exact) mass is 752 g/mol. The highest BCUT2D eigenvalue weighted by atomic mass is 16.5. The van der Waals surface area contributed by atoms with E-state index in [1.165, 1.54) is 77.6 Å². The Morgan fingerprint density at radius 1 is 0.500 bits per heavy atom. The van der Waals surface area contributed by atoms with Gasteiger partial charge in [-0.15, -0.1) is 0 Å². The first kappa shape index (κ1) is 34.0. The van der Waals surface area contributed by atoms with Crippen LogP contribution in [0.15, 0.2) is 164 Å². The third kappa shape index (κ3) is 5.25. The number of para-hydroxylation sites is 4. The minimum atomic E-state index is -0.0109. The predicted molar refractivity (Wildman–Crippen MR) is 239 cm³/mol. The predicted octanol–water partition coefficient (Wildman–Crippen LogP) is 15.2. The maximum Gasteiger partial charge on any atom is 0.151 e. The molecule has 4 saturated carbocycles. The summed E-state index contributed by atoms with van der Waals surface area (Å²) in [4.78, 5) is 4.76. The molecule has 0 N–H and O–H groups in total. The van der Waals surface area contributed by atoms with Crippen molar-refractivity contribution in [1.82, 2.24) is 0 Å². The second-order valence-corrected chi connectivity index (χ2v) is 18.5. The quantitative estimate of drug-likeness (QED) is 0.168. The summed E-state index contributed by atoms with van der Waals surface area (Å²) in [5.74, 6) is 4.50. The Labute approximate surface area is 342 Å². The summed E-state index contributed by atoms with van der Waals surface area (Å²) in [6.45, 7) is 4.71. The van der Waals surface area contributed by atoms with E-state index in [0.717, 1.165) is 57.7 Å². The van der Waals surface area contributed by atoms with Crippen LogP contribution in [-0.2, 0) is 10.8 Å². The molecule has 13 rings (SSSR count). The van der Waals surface area contributed by atoms with Crippen LogP contribution in [0.5, 0.6) is 11.5 Å². The number of fused-ring (bicyclic) bond motifs is 5. The summed E-state index contributed by atoms with van der Waals surface area (Å²) in [7, 11) is 0. The molecule has 0 unspecified atom stereocenters. The average molecular weight is 753 g/mol. The Morgan fingerprint density at radius 3 is 1.74 bits per heavy atom. The fraction of sp³-hybridized carbons (Fsp3) is 0.236. The van der Waals surface area contributed by atoms with Crippen molar-refractivity contribution in [3.63, 3.8) is 0 Å². The van der Waals surface area contributed by atoms with Crippen molar-refractivity contribution in [3.05, 3.63) is 180 Å². The van der Waals surface area contributed by atoms with Gasteiger partial charge in [-0.2, -0.15) is 0 Å². The van der Waals surface area contributed by atoms with Crippen molar-refractivity contribution in [2.24, 2.45) is 17.8 Å². The van der Waals surface area contributed by atoms with Crippen LogP contribution in [-0.4, -0.2) is 0 Å². The zero-order valence-electron chi connectivity index (χ0n) is 33.4. The topological polar surface area (TPSA) is 15.7 Å². The largest absolute Gasteiger partial charge is 0.453 e. The Bertz CT molecular complexity index is 2640. The van der Waals surface area contributed by atoms with Gasteiger partial charge in [-0.3, -0.25) is 0 Å². The molecule has 1 heterocycles. The normalized spacial score (nSPS) is 22.7. The lowest BCUT2D eigenvalue weighted by atomic mass is 9.48. The minimum absolute atomic E-state index is 0.0109. The number of anilines is 6. The van der Waals surface area contributed by atoms with E-state index in [1.54, 1.807) is 5.56 Å². The number of nitrogens with zero attached hydrogens (tertiary/aromatic N) is 2. The van der Waals surface area contributed by atoms with E-state index in [0.29, 0.717) is 5.41 Å². The van der Waals surface area contributed by atoms with Gasteiger partial charge in [0.05, 0.1) is 11.4 Å². The van der Waals surface area contributed by atoms with E-state index in [4.69, 9.17) is 4.74 Å². The lowest BCUT2D eigenvalue weighted by Crippen LogP contribution is -2.48. The SMILES string of the molecule is CC1(C)c2ccccc2-c2cc(-c3cccc(N(c4ccc(N5c6ccccc6Oc6ccccc65)cc4)c4ccc(C56CC7CC(CC(C7)C5)C6)cc4)c3)ccc21. The molecule has 0 atom stereocenters. The molecule has 4 fully saturated rings. The molecule has 284 valence electrons. The molecule has 3 heteroatoms. The van der Waals surface area contributed by atoms with Crippen LogP contribution < -0.4 is 14.5 Å². The lowest BCUT2D eigenvalue weighted by molar-refractivity contribution is -0.00518. The van der Waals surface area contributed by atoms with Crippen LogP contribution in [0.3, 0.4) is 0 Å². The van der Waals surface area contributed by atoms with Gasteiger partial charge in [0.1, 0.15) is 0 Å². The van der Waals surface area contributed by atoms with Gasteiger partial charge in [0.2, 0.25) is 0 Å². The maximum absolute atomic E-state index is 6.34. The van der Waals surface area contributed by atoms with Crippen molar-refractivity contribution in [1.29, 1.82) is 0 Å². The first-order valence-corrected chi connectivity index (χ1v) is 21.4. The number of hydrogen-bond donors (Lipinski definition) is 0. The number of hydrogen-bond acceptors (Lipinski definition) is 3. The first-order chi connectivity index (χ1) is 28.4. The highest BCUT2D eigenvalue weighted by Crippen LogP contribution is 2.61. The molecule has 0 spiro atoms. The summed E-state index contributed by atoms with van der Waals surface area (Å²) >= 11 is 0. The highest BCUT2D eigenvalue weighted by molar-refractivity contribution is 5.89. The molecule has 4 bridgehead atoms. The molecule has 1 aliphatic heterocycles. The van der Waals surface area contributed by atoms with Gasteiger partial charge in [0, 0.05) is 28.2 Å². The second kappa shape index (κ2) is 12.7. The molecule has 7 aromatic carbocycles. The van der Waals surface area contributed by atoms with Crippen molar-refractivity contribution in [3.8, 4) is 33.8 Å². The molecule has 0 radical (unpaired) electrons. The summed E-state index contributed by atoms with van der Waals surface area (Å²) in [6, 6.07) is 60.6. The molecular formula is C55H48N2O. The zero-order valence-corrected chi connectivity index (χ0v) is 33.4. The Balaban J connectivity index is 0.950. The Kier molecular flexibility index (Phi) is 7.46. The fourth-order valence-electron chi connectivity index (χ4n) is 12.3. The van der Waals surface area contributed by atoms with Crippen LogP contribution in [0.1, 0.15) is 69.1 Å². The Morgan fingerprint density at radius 2 is 1.07 bits per heavy atom. The van der Waals surface area contributed by atoms with Crippen LogP contribution in [0.4, 0.5) is 34.1 Å². The van der Waals surface area contributed by atoms with Gasteiger partial charge in [-0.05, 0) is 180 Å². The third-order valence-corrected chi connectivity index (χ3v) is 14.6. The number of benzene rings is 7. The molecule has 5 aliphatic carbocycles. The number of ether oxygens (including phenoxy) is 1. The third-order valence-electron chi connectivity index (χ3n) is 14.6. The Hall–Kier alpha value is -6.06. The minimum Gasteiger partial charge on any atom is -0.453 e. The van der Waals surface area contributed by atoms with Gasteiger partial charge in [-0.25, -0.2) is 0 Å². The van der Waals surface area contributed by atoms with Crippen molar-refractivity contribution in [2.45, 2.75) is 63.2 Å². The van der Waals surface area contributed by atoms with Crippen LogP contribution >= 0.6 is 0 Å². The van der Waals surface area contributed by atoms with Crippen molar-refractivity contribution in [2.75, 3.05) is 9.80 Å². The van der Waals surface area contributed by atoms with Gasteiger partial charge >= 0.3 is 0 Å². The van der Waals surface area contributed by atoms with E-state index < -0.39 is 0 Å². The van der Waals surface area contributed by atoms with E-state index in [9.17, 15) is 0 Å². The zero-order chi connectivity index (χ0) is 38.6. The van der Waals surface area contributed by atoms with Gasteiger partial charge < -0.3 is 14.5 Å². The molecule has 3 nitrogen and oxygen atoms in total. The van der Waals surface area contributed by atoms with Gasteiger partial charge in [0.25, 0.3) is 0 Å². The second-order valence-electron chi connectivity index (χ2n) is 18.5. The van der Waals surface area contributed by atoms with E-state index in [2.05, 4.69) is 175 Å². The fourth-order valence-corrected chi connectivity index (χ4v) is 12.3. The molecule has 0 saturated heterocycles. The molecule has 58 heavy (non-hydrogen) atoms. The molecular weight excluding hydrogens is 705 g/mol. The number of rotatable bonds is 6. The first-order valence-electron chi connectivity index (χ1n) is 21.4. The van der Waals surface area contributed by atoms with E-state index in [1.807, 2.05) is 12.1 Å². The van der Waals surface area contributed by atoms with Crippen LogP contribution in [0.2, 0.25) is 0 Å². The van der Waals surface area contributed by atoms with Crippen molar-refractivity contribution < 1.29 is 4.74 Å². The van der Waals surface area contributed by atoms with Crippen LogP contribution in [0, 0.1) is 17.8 Å². The molecule has 7 aromatic rings. The molecule has 0 aromatic heterocycles. The molecule has 0 amide bonds. The summed E-state index contributed by atoms with van der Waals surface area (Å²) in [6.07, 6.45) is 8.53. The van der Waals surface area contributed by atoms with Crippen LogP contribution in [0.25, 0.3) is 22.3 Å². The van der Waals surface area contributed by atoms with E-state index in [-0.39, 0.29) is 5.41 Å². The standard InChI is InChI=1S/C55H48N2O/c1-54(2)48-13-4-3-12-46(48)47-32-40(18-27-49(47)54)39-10-9-11-45(31-39)56(42-21-19-41(20-22-42)55-33-36-28-37(34-55)30-38(29-36)35-55)43-23-25-44(26-24-43)57-50-14-5-7-16-52(50)58-53-17-8-6-15-51(53)57/h3-27,31-32,36-38H,28-30,33-35H2,1-2H3. The average Bonchev–Trinajstić information content (AvgIpc) is 3.48. The maximum atomic E-state index is 6.34. The lowest BCUT2D eigenvalue weighted by Gasteiger charge is -2.57. The van der Waals surface area contributed by atoms with Gasteiger partial charge in [-0.1, -0.05) is 98.8 Å². The van der Waals surface area contributed by atoms with Crippen molar-refractivity contribution >= 4 is 34.1 Å². The van der Waals surface area contributed by atoms with E-state index >= 15 is 0 Å². The smallest absolute Gasteiger partial charge is 0.151 e. The summed E-state index contributed by atoms with van der Waals surface area (Å²) < 4.78 is 6.34.